The summed E-state index contributed by atoms with van der Waals surface area (Å²) in [7, 11) is 1.73. The Balaban J connectivity index is 2.32. The summed E-state index contributed by atoms with van der Waals surface area (Å²) in [5, 5.41) is 8.52. The van der Waals surface area contributed by atoms with E-state index in [1.807, 2.05) is 0 Å². The van der Waals surface area contributed by atoms with Crippen LogP contribution in [-0.2, 0) is 7.05 Å². The number of fused-ring (bicyclic) bond motifs is 1. The summed E-state index contributed by atoms with van der Waals surface area (Å²) in [4.78, 5) is 12.0. The Labute approximate surface area is 107 Å². The molecular formula is C12H8ClN3O2. The smallest absolute Gasteiger partial charge is 0.193 e. The van der Waals surface area contributed by atoms with Gasteiger partial charge in [-0.2, -0.15) is 0 Å². The summed E-state index contributed by atoms with van der Waals surface area (Å²) in [6.07, 6.45) is 1.54. The highest BCUT2D eigenvalue weighted by molar-refractivity contribution is 6.31. The van der Waals surface area contributed by atoms with E-state index in [0.29, 0.717) is 27.4 Å². The number of rotatable bonds is 1. The number of benzene rings is 1. The highest BCUT2D eigenvalue weighted by Gasteiger charge is 2.10. The van der Waals surface area contributed by atoms with Gasteiger partial charge in [0.05, 0.1) is 11.6 Å². The molecule has 0 atom stereocenters. The van der Waals surface area contributed by atoms with Gasteiger partial charge in [-0.05, 0) is 18.2 Å². The Hall–Kier alpha value is -2.14. The summed E-state index contributed by atoms with van der Waals surface area (Å²) in [6.45, 7) is 0. The van der Waals surface area contributed by atoms with Gasteiger partial charge in [-0.15, -0.1) is 5.10 Å². The minimum atomic E-state index is -0.144. The molecule has 2 heterocycles. The normalized spacial score (nSPS) is 11.0. The van der Waals surface area contributed by atoms with Crippen LogP contribution in [0.15, 0.2) is 39.7 Å². The van der Waals surface area contributed by atoms with Crippen molar-refractivity contribution >= 4 is 22.6 Å². The molecule has 0 radical (unpaired) electrons. The fourth-order valence-electron chi connectivity index (χ4n) is 1.77. The second-order valence-corrected chi connectivity index (χ2v) is 4.29. The quantitative estimate of drug-likeness (QED) is 0.674. The number of aromatic nitrogens is 3. The summed E-state index contributed by atoms with van der Waals surface area (Å²) >= 11 is 5.85. The van der Waals surface area contributed by atoms with Crippen molar-refractivity contribution in [1.82, 2.24) is 15.0 Å². The summed E-state index contributed by atoms with van der Waals surface area (Å²) < 4.78 is 7.21. The third kappa shape index (κ3) is 1.69. The largest absolute Gasteiger partial charge is 0.454 e. The third-order valence-electron chi connectivity index (χ3n) is 2.66. The Morgan fingerprint density at radius 1 is 1.33 bits per heavy atom. The molecule has 0 bridgehead atoms. The molecule has 3 rings (SSSR count). The van der Waals surface area contributed by atoms with Crippen LogP contribution in [0, 0.1) is 0 Å². The standard InChI is InChI=1S/C12H8ClN3O2/c1-16-9(6-14-15-16)12-5-10(17)8-4-7(13)2-3-11(8)18-12/h2-6H,1H3. The zero-order valence-corrected chi connectivity index (χ0v) is 10.2. The first-order chi connectivity index (χ1) is 8.65. The molecule has 3 aromatic rings. The van der Waals surface area contributed by atoms with Crippen molar-refractivity contribution < 1.29 is 4.42 Å². The molecule has 0 aliphatic rings. The van der Waals surface area contributed by atoms with E-state index in [-0.39, 0.29) is 5.43 Å². The summed E-state index contributed by atoms with van der Waals surface area (Å²) in [6, 6.07) is 6.36. The van der Waals surface area contributed by atoms with Gasteiger partial charge in [0.1, 0.15) is 11.3 Å². The average molecular weight is 262 g/mol. The highest BCUT2D eigenvalue weighted by atomic mass is 35.5. The lowest BCUT2D eigenvalue weighted by molar-refractivity contribution is 0.604. The van der Waals surface area contributed by atoms with Gasteiger partial charge >= 0.3 is 0 Å². The van der Waals surface area contributed by atoms with E-state index < -0.39 is 0 Å². The monoisotopic (exact) mass is 261 g/mol. The number of aryl methyl sites for hydroxylation is 1. The predicted molar refractivity (Wildman–Crippen MR) is 67.5 cm³/mol. The maximum atomic E-state index is 12.0. The molecule has 0 saturated heterocycles. The van der Waals surface area contributed by atoms with Crippen LogP contribution < -0.4 is 5.43 Å². The van der Waals surface area contributed by atoms with Gasteiger partial charge in [0.15, 0.2) is 11.2 Å². The highest BCUT2D eigenvalue weighted by Crippen LogP contribution is 2.22. The molecule has 0 fully saturated rings. The lowest BCUT2D eigenvalue weighted by Crippen LogP contribution is -2.02. The van der Waals surface area contributed by atoms with Crippen LogP contribution >= 0.6 is 11.6 Å². The zero-order valence-electron chi connectivity index (χ0n) is 9.42. The second kappa shape index (κ2) is 3.96. The molecular weight excluding hydrogens is 254 g/mol. The van der Waals surface area contributed by atoms with Crippen LogP contribution in [0.5, 0.6) is 0 Å². The molecule has 0 unspecified atom stereocenters. The van der Waals surface area contributed by atoms with Crippen LogP contribution in [0.4, 0.5) is 0 Å². The molecule has 1 aromatic carbocycles. The molecule has 0 N–H and O–H groups in total. The van der Waals surface area contributed by atoms with Crippen LogP contribution in [0.3, 0.4) is 0 Å². The Morgan fingerprint density at radius 3 is 2.89 bits per heavy atom. The minimum Gasteiger partial charge on any atom is -0.454 e. The Kier molecular flexibility index (Phi) is 2.41. The van der Waals surface area contributed by atoms with E-state index in [1.54, 1.807) is 36.1 Å². The molecule has 0 aliphatic carbocycles. The molecule has 0 spiro atoms. The number of nitrogens with zero attached hydrogens (tertiary/aromatic N) is 3. The number of hydrogen-bond donors (Lipinski definition) is 0. The number of hydrogen-bond acceptors (Lipinski definition) is 4. The number of halogens is 1. The van der Waals surface area contributed by atoms with E-state index in [4.69, 9.17) is 16.0 Å². The molecule has 5 nitrogen and oxygen atoms in total. The van der Waals surface area contributed by atoms with Gasteiger partial charge in [0.2, 0.25) is 0 Å². The summed E-state index contributed by atoms with van der Waals surface area (Å²) in [5.74, 6) is 0.433. The molecule has 6 heteroatoms. The lowest BCUT2D eigenvalue weighted by Gasteiger charge is -2.02. The van der Waals surface area contributed by atoms with Gasteiger partial charge in [-0.1, -0.05) is 16.8 Å². The van der Waals surface area contributed by atoms with Crippen LogP contribution in [-0.4, -0.2) is 15.0 Å². The Bertz CT molecular complexity index is 791. The second-order valence-electron chi connectivity index (χ2n) is 3.86. The maximum absolute atomic E-state index is 12.0. The van der Waals surface area contributed by atoms with Gasteiger partial charge in [0, 0.05) is 18.1 Å². The molecule has 90 valence electrons. The fraction of sp³-hybridized carbons (Fsp3) is 0.0833. The minimum absolute atomic E-state index is 0.144. The SMILES string of the molecule is Cn1nncc1-c1cc(=O)c2cc(Cl)ccc2o1. The zero-order chi connectivity index (χ0) is 12.7. The maximum Gasteiger partial charge on any atom is 0.193 e. The van der Waals surface area contributed by atoms with Crippen LogP contribution in [0.25, 0.3) is 22.4 Å². The van der Waals surface area contributed by atoms with E-state index in [0.717, 1.165) is 0 Å². The first kappa shape index (κ1) is 11.0. The van der Waals surface area contributed by atoms with Crippen molar-refractivity contribution in [1.29, 1.82) is 0 Å². The van der Waals surface area contributed by atoms with E-state index in [9.17, 15) is 4.79 Å². The molecule has 0 amide bonds. The van der Waals surface area contributed by atoms with Gasteiger partial charge in [0.25, 0.3) is 0 Å². The first-order valence-electron chi connectivity index (χ1n) is 5.23. The lowest BCUT2D eigenvalue weighted by atomic mass is 10.2. The Morgan fingerprint density at radius 2 is 2.17 bits per heavy atom. The van der Waals surface area contributed by atoms with E-state index in [2.05, 4.69) is 10.3 Å². The van der Waals surface area contributed by atoms with Crippen molar-refractivity contribution in [2.45, 2.75) is 0 Å². The van der Waals surface area contributed by atoms with Gasteiger partial charge < -0.3 is 4.42 Å². The average Bonchev–Trinajstić information content (AvgIpc) is 2.76. The fourth-order valence-corrected chi connectivity index (χ4v) is 1.94. The summed E-state index contributed by atoms with van der Waals surface area (Å²) in [5.41, 5.74) is 0.988. The van der Waals surface area contributed by atoms with Gasteiger partial charge in [-0.25, -0.2) is 4.68 Å². The third-order valence-corrected chi connectivity index (χ3v) is 2.89. The van der Waals surface area contributed by atoms with Crippen molar-refractivity contribution in [3.63, 3.8) is 0 Å². The predicted octanol–water partition coefficient (Wildman–Crippen LogP) is 2.24. The van der Waals surface area contributed by atoms with Crippen LogP contribution in [0.2, 0.25) is 5.02 Å². The van der Waals surface area contributed by atoms with Crippen molar-refractivity contribution in [2.75, 3.05) is 0 Å². The van der Waals surface area contributed by atoms with Crippen molar-refractivity contribution in [2.24, 2.45) is 7.05 Å². The van der Waals surface area contributed by atoms with E-state index >= 15 is 0 Å². The first-order valence-corrected chi connectivity index (χ1v) is 5.61. The molecule has 0 saturated carbocycles. The molecule has 0 aliphatic heterocycles. The van der Waals surface area contributed by atoms with Crippen molar-refractivity contribution in [3.05, 3.63) is 45.7 Å². The topological polar surface area (TPSA) is 60.9 Å². The van der Waals surface area contributed by atoms with E-state index in [1.165, 1.54) is 6.07 Å². The van der Waals surface area contributed by atoms with Crippen LogP contribution in [0.1, 0.15) is 0 Å². The molecule has 18 heavy (non-hydrogen) atoms. The van der Waals surface area contributed by atoms with Crippen molar-refractivity contribution in [3.8, 4) is 11.5 Å². The molecule has 2 aromatic heterocycles. The van der Waals surface area contributed by atoms with Gasteiger partial charge in [-0.3, -0.25) is 4.79 Å².